The Kier molecular flexibility index (Phi) is 4.84. The van der Waals surface area contributed by atoms with Gasteiger partial charge in [0.05, 0.1) is 11.1 Å². The summed E-state index contributed by atoms with van der Waals surface area (Å²) < 4.78 is 5.79. The molecule has 1 aromatic carbocycles. The van der Waals surface area contributed by atoms with Crippen molar-refractivity contribution in [3.8, 4) is 0 Å². The van der Waals surface area contributed by atoms with E-state index in [1.807, 2.05) is 37.1 Å². The number of aryl methyl sites for hydroxylation is 2. The summed E-state index contributed by atoms with van der Waals surface area (Å²) >= 11 is 0. The number of aromatic nitrogens is 1. The topological polar surface area (TPSA) is 66.3 Å². The number of fused-ring (bicyclic) bond motifs is 2. The number of amides is 1. The van der Waals surface area contributed by atoms with Crippen molar-refractivity contribution in [2.45, 2.75) is 52.5 Å². The largest absolute Gasteiger partial charge is 0.465 e. The monoisotopic (exact) mass is 378 g/mol. The maximum Gasteiger partial charge on any atom is 0.258 e. The minimum absolute atomic E-state index is 0.0290. The average molecular weight is 378 g/mol. The van der Waals surface area contributed by atoms with Crippen molar-refractivity contribution >= 4 is 22.6 Å². The maximum atomic E-state index is 13.4. The number of furan rings is 1. The van der Waals surface area contributed by atoms with E-state index in [-0.39, 0.29) is 17.7 Å². The Balaban J connectivity index is 1.61. The molecule has 0 saturated heterocycles. The number of aromatic amines is 1. The molecule has 4 rings (SSSR count). The Morgan fingerprint density at radius 2 is 2.04 bits per heavy atom. The first-order valence-corrected chi connectivity index (χ1v) is 9.98. The molecule has 3 aromatic rings. The lowest BCUT2D eigenvalue weighted by Crippen LogP contribution is -2.39. The van der Waals surface area contributed by atoms with Gasteiger partial charge in [-0.15, -0.1) is 0 Å². The van der Waals surface area contributed by atoms with Crippen LogP contribution in [0.2, 0.25) is 0 Å². The van der Waals surface area contributed by atoms with Crippen molar-refractivity contribution in [2.75, 3.05) is 6.54 Å². The van der Waals surface area contributed by atoms with Crippen molar-refractivity contribution in [2.24, 2.45) is 0 Å². The number of nitrogens with zero attached hydrogens (tertiary/aromatic N) is 1. The van der Waals surface area contributed by atoms with Crippen molar-refractivity contribution in [3.63, 3.8) is 0 Å². The van der Waals surface area contributed by atoms with Crippen LogP contribution in [0.4, 0.5) is 0 Å². The number of H-pyrrole nitrogens is 1. The molecule has 0 bridgehead atoms. The Morgan fingerprint density at radius 1 is 1.25 bits per heavy atom. The Bertz CT molecular complexity index is 1040. The first kappa shape index (κ1) is 18.5. The molecule has 0 saturated carbocycles. The van der Waals surface area contributed by atoms with Crippen LogP contribution in [0, 0.1) is 6.92 Å². The van der Waals surface area contributed by atoms with Gasteiger partial charge in [-0.3, -0.25) is 9.59 Å². The lowest BCUT2D eigenvalue weighted by Gasteiger charge is -2.27. The second kappa shape index (κ2) is 7.30. The van der Waals surface area contributed by atoms with E-state index >= 15 is 0 Å². The molecule has 1 N–H and O–H groups in total. The van der Waals surface area contributed by atoms with Crippen molar-refractivity contribution in [1.82, 2.24) is 9.88 Å². The standard InChI is InChI=1S/C23H26N2O3/c1-14(2)25(12-11-16-13-24-18-8-5-4-7-17(16)18)23(27)21-15(3)28-20-10-6-9-19(26)22(20)21/h4-5,7-8,13-14,24H,6,9-12H2,1-3H3. The van der Waals surface area contributed by atoms with E-state index in [1.165, 1.54) is 10.9 Å². The number of nitrogens with one attached hydrogen (secondary N) is 1. The molecule has 1 aliphatic rings. The second-order valence-corrected chi connectivity index (χ2v) is 7.81. The SMILES string of the molecule is Cc1oc2c(c1C(=O)N(CCc1c[nH]c3ccccc13)C(C)C)C(=O)CCC2. The van der Waals surface area contributed by atoms with Gasteiger partial charge < -0.3 is 14.3 Å². The first-order valence-electron chi connectivity index (χ1n) is 9.98. The predicted molar refractivity (Wildman–Crippen MR) is 109 cm³/mol. The van der Waals surface area contributed by atoms with Gasteiger partial charge in [-0.2, -0.15) is 0 Å². The molecule has 0 radical (unpaired) electrons. The van der Waals surface area contributed by atoms with E-state index in [0.29, 0.717) is 35.6 Å². The Morgan fingerprint density at radius 3 is 2.82 bits per heavy atom. The van der Waals surface area contributed by atoms with Gasteiger partial charge in [0.2, 0.25) is 0 Å². The van der Waals surface area contributed by atoms with E-state index in [9.17, 15) is 9.59 Å². The van der Waals surface area contributed by atoms with Crippen LogP contribution < -0.4 is 0 Å². The number of benzene rings is 1. The normalized spacial score (nSPS) is 13.9. The highest BCUT2D eigenvalue weighted by atomic mass is 16.3. The minimum atomic E-state index is -0.104. The van der Waals surface area contributed by atoms with Crippen molar-refractivity contribution in [1.29, 1.82) is 0 Å². The molecule has 1 aliphatic carbocycles. The molecule has 0 aliphatic heterocycles. The summed E-state index contributed by atoms with van der Waals surface area (Å²) in [5, 5.41) is 1.19. The number of hydrogen-bond donors (Lipinski definition) is 1. The van der Waals surface area contributed by atoms with Crippen LogP contribution in [0.1, 0.15) is 64.5 Å². The van der Waals surface area contributed by atoms with Gasteiger partial charge in [-0.05, 0) is 45.2 Å². The molecule has 146 valence electrons. The maximum absolute atomic E-state index is 13.4. The fourth-order valence-electron chi connectivity index (χ4n) is 4.18. The summed E-state index contributed by atoms with van der Waals surface area (Å²) in [4.78, 5) is 31.0. The van der Waals surface area contributed by atoms with Gasteiger partial charge in [0.1, 0.15) is 11.5 Å². The summed E-state index contributed by atoms with van der Waals surface area (Å²) in [7, 11) is 0. The molecule has 1 amide bonds. The fourth-order valence-corrected chi connectivity index (χ4v) is 4.18. The van der Waals surface area contributed by atoms with Gasteiger partial charge in [0.15, 0.2) is 5.78 Å². The number of Topliss-reactive ketones (excluding diaryl/α,β-unsaturated/α-hetero) is 1. The number of carbonyl (C=O) groups is 2. The Labute approximate surface area is 164 Å². The number of hydrogen-bond acceptors (Lipinski definition) is 3. The number of para-hydroxylation sites is 1. The summed E-state index contributed by atoms with van der Waals surface area (Å²) in [6, 6.07) is 8.21. The van der Waals surface area contributed by atoms with Gasteiger partial charge in [0, 0.05) is 42.5 Å². The zero-order valence-corrected chi connectivity index (χ0v) is 16.7. The smallest absolute Gasteiger partial charge is 0.258 e. The van der Waals surface area contributed by atoms with Crippen molar-refractivity contribution in [3.05, 3.63) is 58.7 Å². The van der Waals surface area contributed by atoms with E-state index in [0.717, 1.165) is 24.8 Å². The summed E-state index contributed by atoms with van der Waals surface area (Å²) in [6.45, 7) is 6.40. The van der Waals surface area contributed by atoms with Crippen LogP contribution in [0.25, 0.3) is 10.9 Å². The molecule has 0 spiro atoms. The third-order valence-electron chi connectivity index (χ3n) is 5.64. The predicted octanol–water partition coefficient (Wildman–Crippen LogP) is 4.68. The second-order valence-electron chi connectivity index (χ2n) is 7.81. The molecule has 0 atom stereocenters. The zero-order valence-electron chi connectivity index (χ0n) is 16.7. The zero-order chi connectivity index (χ0) is 19.8. The van der Waals surface area contributed by atoms with E-state index in [4.69, 9.17) is 4.42 Å². The average Bonchev–Trinajstić information content (AvgIpc) is 3.22. The molecule has 2 heterocycles. The lowest BCUT2D eigenvalue weighted by atomic mass is 9.92. The third kappa shape index (κ3) is 3.15. The van der Waals surface area contributed by atoms with Crippen LogP contribution in [0.3, 0.4) is 0 Å². The van der Waals surface area contributed by atoms with Crippen LogP contribution in [-0.2, 0) is 12.8 Å². The Hall–Kier alpha value is -2.82. The van der Waals surface area contributed by atoms with E-state index in [2.05, 4.69) is 17.1 Å². The molecule has 0 unspecified atom stereocenters. The molecular weight excluding hydrogens is 352 g/mol. The highest BCUT2D eigenvalue weighted by Gasteiger charge is 2.33. The van der Waals surface area contributed by atoms with Gasteiger partial charge in [-0.1, -0.05) is 18.2 Å². The molecular formula is C23H26N2O3. The third-order valence-corrected chi connectivity index (χ3v) is 5.64. The van der Waals surface area contributed by atoms with E-state index in [1.54, 1.807) is 6.92 Å². The molecule has 5 heteroatoms. The van der Waals surface area contributed by atoms with Crippen LogP contribution in [0.5, 0.6) is 0 Å². The van der Waals surface area contributed by atoms with Crippen LogP contribution in [0.15, 0.2) is 34.9 Å². The number of carbonyl (C=O) groups excluding carboxylic acids is 2. The summed E-state index contributed by atoms with van der Waals surface area (Å²) in [5.74, 6) is 1.16. The first-order chi connectivity index (χ1) is 13.5. The van der Waals surface area contributed by atoms with Crippen LogP contribution in [-0.4, -0.2) is 34.2 Å². The number of rotatable bonds is 5. The molecule has 0 fully saturated rings. The summed E-state index contributed by atoms with van der Waals surface area (Å²) in [5.41, 5.74) is 3.28. The fraction of sp³-hybridized carbons (Fsp3) is 0.391. The van der Waals surface area contributed by atoms with E-state index < -0.39 is 0 Å². The highest BCUT2D eigenvalue weighted by Crippen LogP contribution is 2.31. The summed E-state index contributed by atoms with van der Waals surface area (Å²) in [6.07, 6.45) is 4.78. The molecule has 5 nitrogen and oxygen atoms in total. The van der Waals surface area contributed by atoms with Gasteiger partial charge in [0.25, 0.3) is 5.91 Å². The molecule has 28 heavy (non-hydrogen) atoms. The highest BCUT2D eigenvalue weighted by molar-refractivity contribution is 6.10. The minimum Gasteiger partial charge on any atom is -0.465 e. The number of ketones is 1. The van der Waals surface area contributed by atoms with Crippen molar-refractivity contribution < 1.29 is 14.0 Å². The molecule has 2 aromatic heterocycles. The quantitative estimate of drug-likeness (QED) is 0.701. The van der Waals surface area contributed by atoms with Gasteiger partial charge >= 0.3 is 0 Å². The van der Waals surface area contributed by atoms with Gasteiger partial charge in [-0.25, -0.2) is 0 Å². The lowest BCUT2D eigenvalue weighted by molar-refractivity contribution is 0.0702. The van der Waals surface area contributed by atoms with Crippen LogP contribution >= 0.6 is 0 Å².